The molecule has 0 aromatic heterocycles. The molecule has 0 saturated carbocycles. The molecular formula is C13H16BrNO. The Bertz CT molecular complexity index is 446. The summed E-state index contributed by atoms with van der Waals surface area (Å²) in [7, 11) is 0. The van der Waals surface area contributed by atoms with Gasteiger partial charge in [-0.05, 0) is 23.1 Å². The summed E-state index contributed by atoms with van der Waals surface area (Å²) < 4.78 is 0.980. The lowest BCUT2D eigenvalue weighted by Gasteiger charge is -2.28. The Kier molecular flexibility index (Phi) is 2.82. The first kappa shape index (κ1) is 11.6. The molecule has 3 heteroatoms. The monoisotopic (exact) mass is 281 g/mol. The highest BCUT2D eigenvalue weighted by Gasteiger charge is 2.25. The van der Waals surface area contributed by atoms with Crippen LogP contribution >= 0.6 is 15.9 Å². The van der Waals surface area contributed by atoms with E-state index in [2.05, 4.69) is 48.1 Å². The zero-order chi connectivity index (χ0) is 11.9. The number of carbonyl (C=O) groups excluding carboxylic acids is 1. The van der Waals surface area contributed by atoms with Gasteiger partial charge < -0.3 is 5.32 Å². The van der Waals surface area contributed by atoms with Gasteiger partial charge in [-0.15, -0.1) is 0 Å². The van der Waals surface area contributed by atoms with Crippen LogP contribution in [0.5, 0.6) is 0 Å². The standard InChI is InChI=1S/C13H16BrNO/c1-13(2,3)10-7-8(14)6-9-11(16)4-5-15-12(9)10/h6-7,15H,4-5H2,1-3H3. The molecule has 1 N–H and O–H groups in total. The van der Waals surface area contributed by atoms with Gasteiger partial charge in [-0.3, -0.25) is 4.79 Å². The lowest BCUT2D eigenvalue weighted by Crippen LogP contribution is -2.23. The van der Waals surface area contributed by atoms with E-state index in [1.807, 2.05) is 6.07 Å². The summed E-state index contributed by atoms with van der Waals surface area (Å²) in [6.45, 7) is 7.23. The van der Waals surface area contributed by atoms with Gasteiger partial charge in [-0.1, -0.05) is 36.7 Å². The summed E-state index contributed by atoms with van der Waals surface area (Å²) in [5, 5.41) is 3.35. The number of halogens is 1. The molecule has 0 aliphatic carbocycles. The first-order valence-corrected chi connectivity index (χ1v) is 6.30. The van der Waals surface area contributed by atoms with E-state index in [1.165, 1.54) is 5.56 Å². The maximum atomic E-state index is 11.9. The van der Waals surface area contributed by atoms with Crippen molar-refractivity contribution in [2.45, 2.75) is 32.6 Å². The van der Waals surface area contributed by atoms with Crippen molar-refractivity contribution in [3.8, 4) is 0 Å². The normalized spacial score (nSPS) is 15.6. The van der Waals surface area contributed by atoms with Gasteiger partial charge in [0.25, 0.3) is 0 Å². The Morgan fingerprint density at radius 2 is 2.00 bits per heavy atom. The molecule has 0 fully saturated rings. The third-order valence-electron chi connectivity index (χ3n) is 2.87. The summed E-state index contributed by atoms with van der Waals surface area (Å²) in [5.41, 5.74) is 3.08. The van der Waals surface area contributed by atoms with Crippen LogP contribution < -0.4 is 5.32 Å². The maximum absolute atomic E-state index is 11.9. The van der Waals surface area contributed by atoms with Gasteiger partial charge in [0, 0.05) is 28.7 Å². The molecule has 2 nitrogen and oxygen atoms in total. The van der Waals surface area contributed by atoms with Crippen molar-refractivity contribution in [3.05, 3.63) is 27.7 Å². The number of benzene rings is 1. The van der Waals surface area contributed by atoms with Crippen LogP contribution in [0.1, 0.15) is 43.1 Å². The molecule has 16 heavy (non-hydrogen) atoms. The van der Waals surface area contributed by atoms with Crippen LogP contribution in [0.4, 0.5) is 5.69 Å². The Balaban J connectivity index is 2.67. The average Bonchev–Trinajstić information content (AvgIpc) is 2.17. The Morgan fingerprint density at radius 3 is 2.62 bits per heavy atom. The van der Waals surface area contributed by atoms with Gasteiger partial charge in [0.1, 0.15) is 0 Å². The molecule has 0 bridgehead atoms. The van der Waals surface area contributed by atoms with Gasteiger partial charge in [0.05, 0.1) is 0 Å². The Labute approximate surface area is 105 Å². The fourth-order valence-electron chi connectivity index (χ4n) is 2.04. The van der Waals surface area contributed by atoms with E-state index in [9.17, 15) is 4.79 Å². The average molecular weight is 282 g/mol. The van der Waals surface area contributed by atoms with Crippen molar-refractivity contribution >= 4 is 27.4 Å². The van der Waals surface area contributed by atoms with Gasteiger partial charge >= 0.3 is 0 Å². The molecule has 1 aromatic rings. The van der Waals surface area contributed by atoms with Crippen LogP contribution in [0.15, 0.2) is 16.6 Å². The van der Waals surface area contributed by atoms with Gasteiger partial charge in [0.2, 0.25) is 0 Å². The van der Waals surface area contributed by atoms with Crippen molar-refractivity contribution in [1.29, 1.82) is 0 Å². The fraction of sp³-hybridized carbons (Fsp3) is 0.462. The van der Waals surface area contributed by atoms with E-state index in [0.29, 0.717) is 6.42 Å². The highest BCUT2D eigenvalue weighted by molar-refractivity contribution is 9.10. The number of hydrogen-bond donors (Lipinski definition) is 1. The number of Topliss-reactive ketones (excluding diaryl/α,β-unsaturated/α-hetero) is 1. The van der Waals surface area contributed by atoms with Crippen LogP contribution in [-0.2, 0) is 5.41 Å². The van der Waals surface area contributed by atoms with E-state index in [-0.39, 0.29) is 11.2 Å². The number of rotatable bonds is 0. The second-order valence-corrected chi connectivity index (χ2v) is 6.14. The molecule has 1 aliphatic heterocycles. The van der Waals surface area contributed by atoms with Gasteiger partial charge in [-0.2, -0.15) is 0 Å². The number of carbonyl (C=O) groups is 1. The molecule has 1 aromatic carbocycles. The van der Waals surface area contributed by atoms with Crippen molar-refractivity contribution < 1.29 is 4.79 Å². The minimum Gasteiger partial charge on any atom is -0.384 e. The first-order chi connectivity index (χ1) is 7.39. The summed E-state index contributed by atoms with van der Waals surface area (Å²) in [6, 6.07) is 4.02. The molecule has 1 heterocycles. The Hall–Kier alpha value is -0.830. The second-order valence-electron chi connectivity index (χ2n) is 5.23. The predicted octanol–water partition coefficient (Wildman–Crippen LogP) is 3.74. The molecule has 86 valence electrons. The number of anilines is 1. The third kappa shape index (κ3) is 2.01. The Morgan fingerprint density at radius 1 is 1.31 bits per heavy atom. The van der Waals surface area contributed by atoms with Crippen molar-refractivity contribution in [2.24, 2.45) is 0 Å². The number of hydrogen-bond acceptors (Lipinski definition) is 2. The van der Waals surface area contributed by atoms with Crippen molar-refractivity contribution in [3.63, 3.8) is 0 Å². The highest BCUT2D eigenvalue weighted by atomic mass is 79.9. The second kappa shape index (κ2) is 3.88. The van der Waals surface area contributed by atoms with Gasteiger partial charge in [0.15, 0.2) is 5.78 Å². The number of fused-ring (bicyclic) bond motifs is 1. The van der Waals surface area contributed by atoms with E-state index >= 15 is 0 Å². The largest absolute Gasteiger partial charge is 0.384 e. The zero-order valence-electron chi connectivity index (χ0n) is 9.86. The van der Waals surface area contributed by atoms with Crippen molar-refractivity contribution in [1.82, 2.24) is 0 Å². The minimum absolute atomic E-state index is 0.0402. The minimum atomic E-state index is 0.0402. The molecule has 0 unspecified atom stereocenters. The molecule has 0 spiro atoms. The van der Waals surface area contributed by atoms with Crippen LogP contribution in [-0.4, -0.2) is 12.3 Å². The molecule has 2 rings (SSSR count). The van der Waals surface area contributed by atoms with E-state index in [0.717, 1.165) is 22.3 Å². The maximum Gasteiger partial charge on any atom is 0.166 e. The highest BCUT2D eigenvalue weighted by Crippen LogP contribution is 2.37. The van der Waals surface area contributed by atoms with E-state index in [1.54, 1.807) is 0 Å². The van der Waals surface area contributed by atoms with Crippen LogP contribution in [0.25, 0.3) is 0 Å². The molecule has 1 aliphatic rings. The first-order valence-electron chi connectivity index (χ1n) is 5.50. The molecule has 0 amide bonds. The van der Waals surface area contributed by atoms with E-state index < -0.39 is 0 Å². The van der Waals surface area contributed by atoms with Crippen LogP contribution in [0.3, 0.4) is 0 Å². The summed E-state index contributed by atoms with van der Waals surface area (Å²) in [6.07, 6.45) is 0.590. The molecule has 0 saturated heterocycles. The lowest BCUT2D eigenvalue weighted by atomic mass is 9.83. The predicted molar refractivity (Wildman–Crippen MR) is 70.3 cm³/mol. The summed E-state index contributed by atoms with van der Waals surface area (Å²) in [4.78, 5) is 11.9. The summed E-state index contributed by atoms with van der Waals surface area (Å²) in [5.74, 6) is 0.237. The molecule has 0 atom stereocenters. The third-order valence-corrected chi connectivity index (χ3v) is 3.32. The zero-order valence-corrected chi connectivity index (χ0v) is 11.4. The molecular weight excluding hydrogens is 266 g/mol. The van der Waals surface area contributed by atoms with Crippen molar-refractivity contribution in [2.75, 3.05) is 11.9 Å². The quantitative estimate of drug-likeness (QED) is 0.785. The topological polar surface area (TPSA) is 29.1 Å². The number of nitrogens with one attached hydrogen (secondary N) is 1. The SMILES string of the molecule is CC(C)(C)c1cc(Br)cc2c1NCCC2=O. The lowest BCUT2D eigenvalue weighted by molar-refractivity contribution is 0.0983. The van der Waals surface area contributed by atoms with Crippen LogP contribution in [0.2, 0.25) is 0 Å². The van der Waals surface area contributed by atoms with E-state index in [4.69, 9.17) is 0 Å². The number of ketones is 1. The molecule has 0 radical (unpaired) electrons. The smallest absolute Gasteiger partial charge is 0.166 e. The summed E-state index contributed by atoms with van der Waals surface area (Å²) >= 11 is 3.48. The van der Waals surface area contributed by atoms with Gasteiger partial charge in [-0.25, -0.2) is 0 Å². The fourth-order valence-corrected chi connectivity index (χ4v) is 2.50. The van der Waals surface area contributed by atoms with Crippen LogP contribution in [0, 0.1) is 0 Å².